The molecule has 0 aliphatic carbocycles. The molecule has 2 nitrogen and oxygen atoms in total. The lowest BCUT2D eigenvalue weighted by Crippen LogP contribution is -1.94. The highest BCUT2D eigenvalue weighted by molar-refractivity contribution is 5.41. The second kappa shape index (κ2) is 4.48. The Kier molecular flexibility index (Phi) is 3.30. The molecule has 0 aromatic heterocycles. The molecule has 0 unspecified atom stereocenters. The van der Waals surface area contributed by atoms with E-state index in [9.17, 15) is 4.39 Å². The Morgan fingerprint density at radius 2 is 2.31 bits per heavy atom. The first-order chi connectivity index (χ1) is 6.29. The standard InChI is InChI=1S/C10H10FNO/c1-13-9-6-2-4-8(10(9)11)5-3-7-12/h2,4,6H,7,12H2,1H3. The van der Waals surface area contributed by atoms with Gasteiger partial charge in [0.2, 0.25) is 0 Å². The zero-order chi connectivity index (χ0) is 9.68. The quantitative estimate of drug-likeness (QED) is 0.656. The van der Waals surface area contributed by atoms with Crippen LogP contribution in [0.2, 0.25) is 0 Å². The monoisotopic (exact) mass is 179 g/mol. The number of rotatable bonds is 1. The molecule has 0 bridgehead atoms. The highest BCUT2D eigenvalue weighted by Gasteiger charge is 2.04. The molecule has 0 spiro atoms. The Labute approximate surface area is 76.5 Å². The highest BCUT2D eigenvalue weighted by Crippen LogP contribution is 2.18. The minimum Gasteiger partial charge on any atom is -0.494 e. The van der Waals surface area contributed by atoms with Gasteiger partial charge in [-0.3, -0.25) is 0 Å². The van der Waals surface area contributed by atoms with Gasteiger partial charge in [0.15, 0.2) is 11.6 Å². The van der Waals surface area contributed by atoms with Crippen molar-refractivity contribution in [3.8, 4) is 17.6 Å². The van der Waals surface area contributed by atoms with Gasteiger partial charge in [-0.2, -0.15) is 0 Å². The maximum absolute atomic E-state index is 13.3. The van der Waals surface area contributed by atoms with E-state index in [2.05, 4.69) is 11.8 Å². The molecule has 0 aliphatic heterocycles. The number of benzene rings is 1. The van der Waals surface area contributed by atoms with E-state index in [0.717, 1.165) is 0 Å². The molecule has 0 atom stereocenters. The molecule has 13 heavy (non-hydrogen) atoms. The number of hydrogen-bond donors (Lipinski definition) is 1. The molecule has 0 saturated carbocycles. The molecule has 0 amide bonds. The highest BCUT2D eigenvalue weighted by atomic mass is 19.1. The summed E-state index contributed by atoms with van der Waals surface area (Å²) in [6.45, 7) is 0.219. The van der Waals surface area contributed by atoms with Crippen molar-refractivity contribution >= 4 is 0 Å². The summed E-state index contributed by atoms with van der Waals surface area (Å²) in [5.74, 6) is 4.96. The van der Waals surface area contributed by atoms with Gasteiger partial charge in [0.1, 0.15) is 0 Å². The summed E-state index contributed by atoms with van der Waals surface area (Å²) in [5.41, 5.74) is 5.48. The van der Waals surface area contributed by atoms with Crippen molar-refractivity contribution in [2.45, 2.75) is 0 Å². The lowest BCUT2D eigenvalue weighted by Gasteiger charge is -2.01. The molecule has 2 N–H and O–H groups in total. The molecule has 1 aromatic carbocycles. The number of hydrogen-bond acceptors (Lipinski definition) is 2. The van der Waals surface area contributed by atoms with Crippen molar-refractivity contribution in [3.63, 3.8) is 0 Å². The third-order valence-electron chi connectivity index (χ3n) is 1.51. The van der Waals surface area contributed by atoms with Crippen LogP contribution in [0.15, 0.2) is 18.2 Å². The van der Waals surface area contributed by atoms with Crippen molar-refractivity contribution in [2.75, 3.05) is 13.7 Å². The second-order valence-electron chi connectivity index (χ2n) is 2.33. The third kappa shape index (κ3) is 2.20. The van der Waals surface area contributed by atoms with Gasteiger partial charge in [0.05, 0.1) is 19.2 Å². The Hall–Kier alpha value is -1.53. The summed E-state index contributed by atoms with van der Waals surface area (Å²) >= 11 is 0. The molecule has 0 radical (unpaired) electrons. The average Bonchev–Trinajstić information content (AvgIpc) is 2.16. The van der Waals surface area contributed by atoms with Gasteiger partial charge in [-0.1, -0.05) is 17.9 Å². The van der Waals surface area contributed by atoms with Crippen molar-refractivity contribution in [1.82, 2.24) is 0 Å². The van der Waals surface area contributed by atoms with E-state index in [0.29, 0.717) is 5.56 Å². The van der Waals surface area contributed by atoms with Crippen LogP contribution >= 0.6 is 0 Å². The third-order valence-corrected chi connectivity index (χ3v) is 1.51. The molecule has 0 saturated heterocycles. The van der Waals surface area contributed by atoms with Crippen LogP contribution in [0.4, 0.5) is 4.39 Å². The van der Waals surface area contributed by atoms with Crippen molar-refractivity contribution in [3.05, 3.63) is 29.6 Å². The van der Waals surface area contributed by atoms with E-state index in [1.54, 1.807) is 18.2 Å². The van der Waals surface area contributed by atoms with Gasteiger partial charge >= 0.3 is 0 Å². The summed E-state index contributed by atoms with van der Waals surface area (Å²) in [4.78, 5) is 0. The molecule has 0 aliphatic rings. The van der Waals surface area contributed by atoms with Crippen LogP contribution in [0, 0.1) is 17.7 Å². The van der Waals surface area contributed by atoms with Gasteiger partial charge < -0.3 is 10.5 Å². The van der Waals surface area contributed by atoms with Crippen LogP contribution in [0.25, 0.3) is 0 Å². The summed E-state index contributed by atoms with van der Waals surface area (Å²) in [5, 5.41) is 0. The van der Waals surface area contributed by atoms with Gasteiger partial charge in [0.25, 0.3) is 0 Å². The van der Waals surface area contributed by atoms with Crippen LogP contribution in [-0.2, 0) is 0 Å². The Morgan fingerprint density at radius 1 is 1.54 bits per heavy atom. The fraction of sp³-hybridized carbons (Fsp3) is 0.200. The number of halogens is 1. The molecular formula is C10H10FNO. The molecular weight excluding hydrogens is 169 g/mol. The zero-order valence-corrected chi connectivity index (χ0v) is 7.30. The first-order valence-electron chi connectivity index (χ1n) is 3.81. The molecule has 1 rings (SSSR count). The fourth-order valence-corrected chi connectivity index (χ4v) is 0.911. The molecule has 3 heteroatoms. The minimum absolute atomic E-state index is 0.198. The van der Waals surface area contributed by atoms with Crippen LogP contribution in [-0.4, -0.2) is 13.7 Å². The summed E-state index contributed by atoms with van der Waals surface area (Å²) in [6, 6.07) is 4.81. The van der Waals surface area contributed by atoms with Crippen LogP contribution < -0.4 is 10.5 Å². The topological polar surface area (TPSA) is 35.2 Å². The van der Waals surface area contributed by atoms with Crippen LogP contribution in [0.1, 0.15) is 5.56 Å². The molecule has 0 fully saturated rings. The van der Waals surface area contributed by atoms with E-state index in [1.165, 1.54) is 7.11 Å². The maximum atomic E-state index is 13.3. The van der Waals surface area contributed by atoms with E-state index in [1.807, 2.05) is 0 Å². The summed E-state index contributed by atoms with van der Waals surface area (Å²) in [7, 11) is 1.42. The van der Waals surface area contributed by atoms with Crippen molar-refractivity contribution in [2.24, 2.45) is 5.73 Å². The Bertz CT molecular complexity index is 352. The maximum Gasteiger partial charge on any atom is 0.180 e. The van der Waals surface area contributed by atoms with Gasteiger partial charge in [-0.15, -0.1) is 0 Å². The zero-order valence-electron chi connectivity index (χ0n) is 7.30. The van der Waals surface area contributed by atoms with Crippen LogP contribution in [0.5, 0.6) is 5.75 Å². The Balaban J connectivity index is 3.08. The van der Waals surface area contributed by atoms with Crippen molar-refractivity contribution < 1.29 is 9.13 Å². The minimum atomic E-state index is -0.439. The Morgan fingerprint density at radius 3 is 2.92 bits per heavy atom. The smallest absolute Gasteiger partial charge is 0.180 e. The average molecular weight is 179 g/mol. The fourth-order valence-electron chi connectivity index (χ4n) is 0.911. The van der Waals surface area contributed by atoms with Gasteiger partial charge in [-0.25, -0.2) is 4.39 Å². The first-order valence-corrected chi connectivity index (χ1v) is 3.81. The molecule has 1 aromatic rings. The molecule has 68 valence electrons. The van der Waals surface area contributed by atoms with Gasteiger partial charge in [-0.05, 0) is 12.1 Å². The summed E-state index contributed by atoms with van der Waals surface area (Å²) in [6.07, 6.45) is 0. The largest absolute Gasteiger partial charge is 0.494 e. The summed E-state index contributed by atoms with van der Waals surface area (Å²) < 4.78 is 18.1. The van der Waals surface area contributed by atoms with Gasteiger partial charge in [0, 0.05) is 0 Å². The van der Waals surface area contributed by atoms with Crippen molar-refractivity contribution in [1.29, 1.82) is 0 Å². The second-order valence-corrected chi connectivity index (χ2v) is 2.33. The molecule has 0 heterocycles. The normalized spacial score (nSPS) is 8.85. The SMILES string of the molecule is COc1cccc(C#CCN)c1F. The predicted molar refractivity (Wildman–Crippen MR) is 48.9 cm³/mol. The number of nitrogens with two attached hydrogens (primary N) is 1. The van der Waals surface area contributed by atoms with E-state index in [4.69, 9.17) is 10.5 Å². The number of ether oxygens (including phenoxy) is 1. The van der Waals surface area contributed by atoms with E-state index >= 15 is 0 Å². The van der Waals surface area contributed by atoms with E-state index < -0.39 is 5.82 Å². The first kappa shape index (κ1) is 9.56. The van der Waals surface area contributed by atoms with E-state index in [-0.39, 0.29) is 12.3 Å². The van der Waals surface area contributed by atoms with Crippen LogP contribution in [0.3, 0.4) is 0 Å². The lowest BCUT2D eigenvalue weighted by atomic mass is 10.2. The lowest BCUT2D eigenvalue weighted by molar-refractivity contribution is 0.386. The number of methoxy groups -OCH3 is 1. The predicted octanol–water partition coefficient (Wildman–Crippen LogP) is 1.14.